The average Bonchev–Trinajstić information content (AvgIpc) is 2.33. The van der Waals surface area contributed by atoms with Crippen LogP contribution in [0.4, 0.5) is 0 Å². The van der Waals surface area contributed by atoms with Gasteiger partial charge < -0.3 is 19.9 Å². The molecule has 88 valence electrons. The van der Waals surface area contributed by atoms with Crippen LogP contribution in [0.25, 0.3) is 0 Å². The highest BCUT2D eigenvalue weighted by Gasteiger charge is 2.33. The third kappa shape index (κ3) is 2.19. The molecule has 1 aliphatic rings. The molecule has 1 fully saturated rings. The summed E-state index contributed by atoms with van der Waals surface area (Å²) in [5.74, 6) is 0.0746. The molecular formula is C12H17NO3. The second-order valence-corrected chi connectivity index (χ2v) is 4.06. The molecule has 1 saturated heterocycles. The molecule has 0 saturated carbocycles. The van der Waals surface area contributed by atoms with Crippen molar-refractivity contribution in [2.24, 2.45) is 5.73 Å². The predicted molar refractivity (Wildman–Crippen MR) is 60.2 cm³/mol. The lowest BCUT2D eigenvalue weighted by atomic mass is 10.1. The van der Waals surface area contributed by atoms with Crippen LogP contribution in [0.5, 0.6) is 5.75 Å². The zero-order valence-electron chi connectivity index (χ0n) is 9.60. The standard InChI is InChI=1S/C12H17NO3/c1-12(15-7-10(13)8-16-12)9-4-3-5-11(6-9)14-2/h3-6,10H,7-8,13H2,1-2H3. The minimum atomic E-state index is -0.718. The second-order valence-electron chi connectivity index (χ2n) is 4.06. The third-order valence-electron chi connectivity index (χ3n) is 2.74. The van der Waals surface area contributed by atoms with E-state index >= 15 is 0 Å². The highest BCUT2D eigenvalue weighted by Crippen LogP contribution is 2.31. The fourth-order valence-corrected chi connectivity index (χ4v) is 1.69. The van der Waals surface area contributed by atoms with E-state index in [1.807, 2.05) is 31.2 Å². The van der Waals surface area contributed by atoms with Crippen molar-refractivity contribution in [2.45, 2.75) is 18.8 Å². The number of ether oxygens (including phenoxy) is 3. The molecule has 16 heavy (non-hydrogen) atoms. The van der Waals surface area contributed by atoms with E-state index < -0.39 is 5.79 Å². The van der Waals surface area contributed by atoms with Gasteiger partial charge >= 0.3 is 0 Å². The van der Waals surface area contributed by atoms with Gasteiger partial charge in [-0.1, -0.05) is 12.1 Å². The molecule has 0 aliphatic carbocycles. The molecule has 0 amide bonds. The van der Waals surface area contributed by atoms with Crippen LogP contribution < -0.4 is 10.5 Å². The van der Waals surface area contributed by atoms with Crippen molar-refractivity contribution in [3.8, 4) is 5.75 Å². The quantitative estimate of drug-likeness (QED) is 0.819. The number of hydrogen-bond donors (Lipinski definition) is 1. The van der Waals surface area contributed by atoms with E-state index in [-0.39, 0.29) is 6.04 Å². The highest BCUT2D eigenvalue weighted by molar-refractivity contribution is 5.31. The normalized spacial score (nSPS) is 30.1. The van der Waals surface area contributed by atoms with Crippen LogP contribution in [0.2, 0.25) is 0 Å². The Morgan fingerprint density at radius 1 is 1.38 bits per heavy atom. The van der Waals surface area contributed by atoms with Crippen LogP contribution in [0, 0.1) is 0 Å². The third-order valence-corrected chi connectivity index (χ3v) is 2.74. The van der Waals surface area contributed by atoms with Gasteiger partial charge in [0, 0.05) is 5.56 Å². The first-order valence-corrected chi connectivity index (χ1v) is 5.32. The molecule has 0 bridgehead atoms. The van der Waals surface area contributed by atoms with E-state index in [0.29, 0.717) is 13.2 Å². The summed E-state index contributed by atoms with van der Waals surface area (Å²) in [4.78, 5) is 0. The number of methoxy groups -OCH3 is 1. The van der Waals surface area contributed by atoms with Crippen LogP contribution in [-0.4, -0.2) is 26.4 Å². The van der Waals surface area contributed by atoms with Crippen LogP contribution in [-0.2, 0) is 15.3 Å². The van der Waals surface area contributed by atoms with Gasteiger partial charge in [0.1, 0.15) is 5.75 Å². The first-order chi connectivity index (χ1) is 7.64. The van der Waals surface area contributed by atoms with Crippen molar-refractivity contribution in [1.82, 2.24) is 0 Å². The Morgan fingerprint density at radius 3 is 2.69 bits per heavy atom. The molecular weight excluding hydrogens is 206 g/mol. The average molecular weight is 223 g/mol. The van der Waals surface area contributed by atoms with Gasteiger partial charge in [-0.15, -0.1) is 0 Å². The summed E-state index contributed by atoms with van der Waals surface area (Å²) in [6.07, 6.45) is 0. The molecule has 1 aromatic rings. The Labute approximate surface area is 95.3 Å². The smallest absolute Gasteiger partial charge is 0.192 e. The molecule has 0 unspecified atom stereocenters. The molecule has 2 N–H and O–H groups in total. The van der Waals surface area contributed by atoms with Crippen molar-refractivity contribution in [2.75, 3.05) is 20.3 Å². The molecule has 0 atom stereocenters. The monoisotopic (exact) mass is 223 g/mol. The van der Waals surface area contributed by atoms with Gasteiger partial charge in [0.15, 0.2) is 5.79 Å². The molecule has 2 rings (SSSR count). The minimum Gasteiger partial charge on any atom is -0.497 e. The van der Waals surface area contributed by atoms with Crippen LogP contribution in [0.15, 0.2) is 24.3 Å². The molecule has 4 nitrogen and oxygen atoms in total. The van der Waals surface area contributed by atoms with Crippen molar-refractivity contribution in [3.63, 3.8) is 0 Å². The summed E-state index contributed by atoms with van der Waals surface area (Å²) in [6.45, 7) is 2.91. The first-order valence-electron chi connectivity index (χ1n) is 5.32. The van der Waals surface area contributed by atoms with E-state index in [2.05, 4.69) is 0 Å². The summed E-state index contributed by atoms with van der Waals surface area (Å²) < 4.78 is 16.5. The molecule has 1 aliphatic heterocycles. The van der Waals surface area contributed by atoms with Gasteiger partial charge in [-0.25, -0.2) is 0 Å². The fraction of sp³-hybridized carbons (Fsp3) is 0.500. The summed E-state index contributed by atoms with van der Waals surface area (Å²) >= 11 is 0. The highest BCUT2D eigenvalue weighted by atomic mass is 16.7. The van der Waals surface area contributed by atoms with Crippen LogP contribution >= 0.6 is 0 Å². The zero-order valence-corrected chi connectivity index (χ0v) is 9.60. The van der Waals surface area contributed by atoms with Crippen molar-refractivity contribution >= 4 is 0 Å². The summed E-state index contributed by atoms with van der Waals surface area (Å²) in [6, 6.07) is 7.64. The fourth-order valence-electron chi connectivity index (χ4n) is 1.69. The maximum atomic E-state index is 5.72. The predicted octanol–water partition coefficient (Wildman–Crippen LogP) is 1.24. The Morgan fingerprint density at radius 2 is 2.06 bits per heavy atom. The molecule has 1 aromatic carbocycles. The lowest BCUT2D eigenvalue weighted by Gasteiger charge is -2.36. The Balaban J connectivity index is 2.21. The SMILES string of the molecule is COc1cccc(C2(C)OCC(N)CO2)c1. The largest absolute Gasteiger partial charge is 0.497 e. The van der Waals surface area contributed by atoms with Gasteiger partial charge in [-0.3, -0.25) is 0 Å². The van der Waals surface area contributed by atoms with Crippen LogP contribution in [0.3, 0.4) is 0 Å². The van der Waals surface area contributed by atoms with E-state index in [1.54, 1.807) is 7.11 Å². The second kappa shape index (κ2) is 4.41. The van der Waals surface area contributed by atoms with Gasteiger partial charge in [-0.2, -0.15) is 0 Å². The maximum absolute atomic E-state index is 5.72. The summed E-state index contributed by atoms with van der Waals surface area (Å²) in [5.41, 5.74) is 6.66. The Bertz CT molecular complexity index is 359. The number of rotatable bonds is 2. The van der Waals surface area contributed by atoms with Crippen LogP contribution in [0.1, 0.15) is 12.5 Å². The van der Waals surface area contributed by atoms with Crippen molar-refractivity contribution in [1.29, 1.82) is 0 Å². The lowest BCUT2D eigenvalue weighted by Crippen LogP contribution is -2.46. The Hall–Kier alpha value is -1.10. The zero-order chi connectivity index (χ0) is 11.6. The van der Waals surface area contributed by atoms with Gasteiger partial charge in [0.25, 0.3) is 0 Å². The molecule has 1 heterocycles. The topological polar surface area (TPSA) is 53.7 Å². The van der Waals surface area contributed by atoms with E-state index in [1.165, 1.54) is 0 Å². The van der Waals surface area contributed by atoms with E-state index in [0.717, 1.165) is 11.3 Å². The lowest BCUT2D eigenvalue weighted by molar-refractivity contribution is -0.270. The van der Waals surface area contributed by atoms with Crippen molar-refractivity contribution < 1.29 is 14.2 Å². The maximum Gasteiger partial charge on any atom is 0.192 e. The van der Waals surface area contributed by atoms with Gasteiger partial charge in [0.2, 0.25) is 0 Å². The molecule has 4 heteroatoms. The van der Waals surface area contributed by atoms with E-state index in [9.17, 15) is 0 Å². The summed E-state index contributed by atoms with van der Waals surface area (Å²) in [5, 5.41) is 0. The molecule has 0 spiro atoms. The number of benzene rings is 1. The molecule has 0 radical (unpaired) electrons. The minimum absolute atomic E-state index is 0.0429. The van der Waals surface area contributed by atoms with Crippen molar-refractivity contribution in [3.05, 3.63) is 29.8 Å². The Kier molecular flexibility index (Phi) is 3.14. The number of hydrogen-bond acceptors (Lipinski definition) is 4. The number of nitrogens with two attached hydrogens (primary N) is 1. The van der Waals surface area contributed by atoms with E-state index in [4.69, 9.17) is 19.9 Å². The summed E-state index contributed by atoms with van der Waals surface area (Å²) in [7, 11) is 1.64. The molecule has 0 aromatic heterocycles. The first kappa shape index (κ1) is 11.4. The van der Waals surface area contributed by atoms with Gasteiger partial charge in [0.05, 0.1) is 26.4 Å². The van der Waals surface area contributed by atoms with Gasteiger partial charge in [-0.05, 0) is 19.1 Å².